The van der Waals surface area contributed by atoms with Gasteiger partial charge in [0.15, 0.2) is 0 Å². The highest BCUT2D eigenvalue weighted by Gasteiger charge is 2.12. The van der Waals surface area contributed by atoms with Gasteiger partial charge in [-0.15, -0.1) is 21.5 Å². The van der Waals surface area contributed by atoms with Gasteiger partial charge in [-0.25, -0.2) is 0 Å². The monoisotopic (exact) mass is 340 g/mol. The summed E-state index contributed by atoms with van der Waals surface area (Å²) in [5.41, 5.74) is 0.815. The predicted molar refractivity (Wildman–Crippen MR) is 86.5 cm³/mol. The highest BCUT2D eigenvalue weighted by Crippen LogP contribution is 2.22. The van der Waals surface area contributed by atoms with E-state index in [4.69, 9.17) is 9.26 Å². The molecule has 0 atom stereocenters. The number of tetrazole rings is 1. The van der Waals surface area contributed by atoms with Crippen molar-refractivity contribution in [1.29, 1.82) is 0 Å². The SMILES string of the molecule is COc1cccc(-c2noc(Cn3nnc(-c4cccs4)n3)n2)c1. The van der Waals surface area contributed by atoms with Gasteiger partial charge in [0.2, 0.25) is 11.6 Å². The zero-order chi connectivity index (χ0) is 16.4. The van der Waals surface area contributed by atoms with Crippen LogP contribution in [-0.4, -0.2) is 37.5 Å². The summed E-state index contributed by atoms with van der Waals surface area (Å²) in [6, 6.07) is 11.3. The summed E-state index contributed by atoms with van der Waals surface area (Å²) >= 11 is 1.56. The minimum atomic E-state index is 0.259. The molecule has 1 aromatic carbocycles. The van der Waals surface area contributed by atoms with E-state index in [2.05, 4.69) is 25.6 Å². The normalized spacial score (nSPS) is 10.9. The van der Waals surface area contributed by atoms with E-state index in [1.165, 1.54) is 4.80 Å². The van der Waals surface area contributed by atoms with Gasteiger partial charge in [0.05, 0.1) is 12.0 Å². The van der Waals surface area contributed by atoms with Crippen LogP contribution >= 0.6 is 11.3 Å². The van der Waals surface area contributed by atoms with Crippen molar-refractivity contribution in [2.45, 2.75) is 6.54 Å². The van der Waals surface area contributed by atoms with Gasteiger partial charge in [-0.2, -0.15) is 9.78 Å². The van der Waals surface area contributed by atoms with E-state index in [0.717, 1.165) is 16.2 Å². The van der Waals surface area contributed by atoms with Crippen molar-refractivity contribution in [3.63, 3.8) is 0 Å². The van der Waals surface area contributed by atoms with Crippen molar-refractivity contribution >= 4 is 11.3 Å². The molecule has 0 N–H and O–H groups in total. The van der Waals surface area contributed by atoms with E-state index >= 15 is 0 Å². The molecule has 0 saturated carbocycles. The Morgan fingerprint density at radius 3 is 3.00 bits per heavy atom. The molecule has 0 radical (unpaired) electrons. The lowest BCUT2D eigenvalue weighted by atomic mass is 10.2. The summed E-state index contributed by atoms with van der Waals surface area (Å²) in [6.45, 7) is 0.259. The largest absolute Gasteiger partial charge is 0.497 e. The fourth-order valence-electron chi connectivity index (χ4n) is 2.13. The van der Waals surface area contributed by atoms with Crippen LogP contribution in [0.2, 0.25) is 0 Å². The molecule has 0 saturated heterocycles. The van der Waals surface area contributed by atoms with E-state index in [9.17, 15) is 0 Å². The third-order valence-electron chi connectivity index (χ3n) is 3.27. The Balaban J connectivity index is 1.53. The molecule has 0 aliphatic heterocycles. The molecule has 0 unspecified atom stereocenters. The van der Waals surface area contributed by atoms with E-state index in [1.807, 2.05) is 41.8 Å². The summed E-state index contributed by atoms with van der Waals surface area (Å²) in [4.78, 5) is 6.75. The van der Waals surface area contributed by atoms with E-state index in [0.29, 0.717) is 17.5 Å². The van der Waals surface area contributed by atoms with Crippen LogP contribution in [0.25, 0.3) is 22.1 Å². The first-order valence-electron chi connectivity index (χ1n) is 7.10. The van der Waals surface area contributed by atoms with Crippen LogP contribution in [0.5, 0.6) is 5.75 Å². The molecule has 3 aromatic heterocycles. The molecule has 3 heterocycles. The van der Waals surface area contributed by atoms with Crippen LogP contribution in [0.1, 0.15) is 5.89 Å². The summed E-state index contributed by atoms with van der Waals surface area (Å²) in [6.07, 6.45) is 0. The van der Waals surface area contributed by atoms with Crippen molar-refractivity contribution in [2.24, 2.45) is 0 Å². The average molecular weight is 340 g/mol. The van der Waals surface area contributed by atoms with Gasteiger partial charge in [0.1, 0.15) is 12.3 Å². The second-order valence-electron chi connectivity index (χ2n) is 4.86. The highest BCUT2D eigenvalue weighted by atomic mass is 32.1. The molecule has 0 spiro atoms. The third kappa shape index (κ3) is 2.88. The number of methoxy groups -OCH3 is 1. The van der Waals surface area contributed by atoms with Crippen molar-refractivity contribution < 1.29 is 9.26 Å². The van der Waals surface area contributed by atoms with Crippen molar-refractivity contribution in [1.82, 2.24) is 30.3 Å². The third-order valence-corrected chi connectivity index (χ3v) is 4.13. The number of hydrogen-bond acceptors (Lipinski definition) is 8. The maximum atomic E-state index is 5.27. The quantitative estimate of drug-likeness (QED) is 0.551. The highest BCUT2D eigenvalue weighted by molar-refractivity contribution is 7.13. The second-order valence-corrected chi connectivity index (χ2v) is 5.81. The maximum Gasteiger partial charge on any atom is 0.250 e. The molecule has 9 heteroatoms. The van der Waals surface area contributed by atoms with Crippen molar-refractivity contribution in [3.8, 4) is 27.8 Å². The molecule has 24 heavy (non-hydrogen) atoms. The van der Waals surface area contributed by atoms with Gasteiger partial charge in [0, 0.05) is 5.56 Å². The Labute approximate surface area is 140 Å². The summed E-state index contributed by atoms with van der Waals surface area (Å²) < 4.78 is 10.5. The van der Waals surface area contributed by atoms with Crippen LogP contribution in [0, 0.1) is 0 Å². The van der Waals surface area contributed by atoms with Gasteiger partial charge in [-0.3, -0.25) is 0 Å². The molecule has 4 rings (SSSR count). The Bertz CT molecular complexity index is 946. The molecule has 0 aliphatic rings. The first-order valence-corrected chi connectivity index (χ1v) is 7.98. The lowest BCUT2D eigenvalue weighted by Crippen LogP contribution is -2.04. The maximum absolute atomic E-state index is 5.27. The zero-order valence-electron chi connectivity index (χ0n) is 12.7. The number of thiophene rings is 1. The molecule has 8 nitrogen and oxygen atoms in total. The van der Waals surface area contributed by atoms with Crippen LogP contribution in [-0.2, 0) is 6.54 Å². The molecule has 0 amide bonds. The van der Waals surface area contributed by atoms with Crippen molar-refractivity contribution in [2.75, 3.05) is 7.11 Å². The lowest BCUT2D eigenvalue weighted by Gasteiger charge is -1.99. The molecule has 0 aliphatic carbocycles. The standard InChI is InChI=1S/C15H12N6O2S/c1-22-11-5-2-4-10(8-11)14-16-13(23-19-14)9-21-18-15(17-20-21)12-6-3-7-24-12/h2-8H,9H2,1H3. The van der Waals surface area contributed by atoms with E-state index in [1.54, 1.807) is 18.4 Å². The van der Waals surface area contributed by atoms with Crippen molar-refractivity contribution in [3.05, 3.63) is 47.7 Å². The number of hydrogen-bond donors (Lipinski definition) is 0. The van der Waals surface area contributed by atoms with E-state index < -0.39 is 0 Å². The van der Waals surface area contributed by atoms with Gasteiger partial charge in [0.25, 0.3) is 5.89 Å². The Kier molecular flexibility index (Phi) is 3.75. The minimum Gasteiger partial charge on any atom is -0.497 e. The molecule has 4 aromatic rings. The minimum absolute atomic E-state index is 0.259. The first-order chi connectivity index (χ1) is 11.8. The first kappa shape index (κ1) is 14.5. The summed E-state index contributed by atoms with van der Waals surface area (Å²) in [5.74, 6) is 2.21. The molecule has 0 bridgehead atoms. The van der Waals surface area contributed by atoms with Crippen LogP contribution < -0.4 is 4.74 Å². The fraction of sp³-hybridized carbons (Fsp3) is 0.133. The van der Waals surface area contributed by atoms with Gasteiger partial charge < -0.3 is 9.26 Å². The molecule has 120 valence electrons. The van der Waals surface area contributed by atoms with Crippen LogP contribution in [0.3, 0.4) is 0 Å². The smallest absolute Gasteiger partial charge is 0.250 e. The second kappa shape index (κ2) is 6.20. The predicted octanol–water partition coefficient (Wildman–Crippen LogP) is 2.51. The topological polar surface area (TPSA) is 91.8 Å². The molecule has 0 fully saturated rings. The lowest BCUT2D eigenvalue weighted by molar-refractivity contribution is 0.356. The Morgan fingerprint density at radius 2 is 2.17 bits per heavy atom. The Morgan fingerprint density at radius 1 is 1.21 bits per heavy atom. The zero-order valence-corrected chi connectivity index (χ0v) is 13.5. The number of benzene rings is 1. The Hall–Kier alpha value is -3.07. The fourth-order valence-corrected chi connectivity index (χ4v) is 2.78. The number of nitrogens with zero attached hydrogens (tertiary/aromatic N) is 6. The number of aromatic nitrogens is 6. The number of ether oxygens (including phenoxy) is 1. The van der Waals surface area contributed by atoms with Crippen LogP contribution in [0.15, 0.2) is 46.3 Å². The molecular formula is C15H12N6O2S. The summed E-state index contributed by atoms with van der Waals surface area (Å²) in [7, 11) is 1.61. The average Bonchev–Trinajstić information content (AvgIpc) is 3.36. The van der Waals surface area contributed by atoms with Gasteiger partial charge >= 0.3 is 0 Å². The van der Waals surface area contributed by atoms with Gasteiger partial charge in [-0.05, 0) is 28.8 Å². The van der Waals surface area contributed by atoms with E-state index in [-0.39, 0.29) is 6.54 Å². The van der Waals surface area contributed by atoms with Crippen LogP contribution in [0.4, 0.5) is 0 Å². The van der Waals surface area contributed by atoms with Gasteiger partial charge in [-0.1, -0.05) is 23.4 Å². The molecular weight excluding hydrogens is 328 g/mol. The summed E-state index contributed by atoms with van der Waals surface area (Å²) in [5, 5.41) is 18.3. The number of rotatable bonds is 5.